The van der Waals surface area contributed by atoms with Gasteiger partial charge < -0.3 is 24.8 Å². The molecule has 138 valence electrons. The minimum Gasteiger partial charge on any atom is -0.467 e. The lowest BCUT2D eigenvalue weighted by atomic mass is 10.4. The zero-order valence-electron chi connectivity index (χ0n) is 13.2. The number of rotatable bonds is 10. The number of aromatic nitrogens is 4. The van der Waals surface area contributed by atoms with Crippen LogP contribution in [0.15, 0.2) is 11.1 Å². The summed E-state index contributed by atoms with van der Waals surface area (Å²) in [4.78, 5) is 52.1. The molecule has 0 aliphatic carbocycles. The second-order valence-corrected chi connectivity index (χ2v) is 7.03. The van der Waals surface area contributed by atoms with Crippen molar-refractivity contribution < 1.29 is 23.9 Å². The number of nitrogens with one attached hydrogen (secondary N) is 1. The van der Waals surface area contributed by atoms with Crippen molar-refractivity contribution in [3.05, 3.63) is 16.7 Å². The zero-order valence-corrected chi connectivity index (χ0v) is 14.1. The first-order valence-electron chi connectivity index (χ1n) is 7.33. The molecule has 25 heavy (non-hydrogen) atoms. The number of nitrogens with two attached hydrogens (primary N) is 1. The van der Waals surface area contributed by atoms with Crippen LogP contribution >= 0.6 is 7.60 Å². The molecule has 0 unspecified atom stereocenters. The van der Waals surface area contributed by atoms with Gasteiger partial charge in [-0.05, 0) is 0 Å². The van der Waals surface area contributed by atoms with Gasteiger partial charge in [-0.2, -0.15) is 4.98 Å². The van der Waals surface area contributed by atoms with Crippen LogP contribution in [0.3, 0.4) is 0 Å². The van der Waals surface area contributed by atoms with Gasteiger partial charge in [-0.1, -0.05) is 0 Å². The number of ether oxygens (including phenoxy) is 1. The summed E-state index contributed by atoms with van der Waals surface area (Å²) < 4.78 is 17.3. The Morgan fingerprint density at radius 1 is 1.40 bits per heavy atom. The molecule has 12 nitrogen and oxygen atoms in total. The fourth-order valence-electron chi connectivity index (χ4n) is 2.22. The topological polar surface area (TPSA) is 177 Å². The molecular weight excluding hydrogens is 355 g/mol. The molecule has 0 radical (unpaired) electrons. The highest BCUT2D eigenvalue weighted by Crippen LogP contribution is 2.33. The summed E-state index contributed by atoms with van der Waals surface area (Å²) in [7, 11) is -4.14. The van der Waals surface area contributed by atoms with Crippen LogP contribution in [-0.2, 0) is 20.6 Å². The van der Waals surface area contributed by atoms with E-state index in [9.17, 15) is 14.2 Å². The summed E-state index contributed by atoms with van der Waals surface area (Å²) in [6, 6.07) is 0. The van der Waals surface area contributed by atoms with E-state index in [0.717, 1.165) is 0 Å². The van der Waals surface area contributed by atoms with Crippen LogP contribution in [0.1, 0.15) is 0 Å². The Balaban J connectivity index is 2.07. The van der Waals surface area contributed by atoms with E-state index >= 15 is 0 Å². The first-order chi connectivity index (χ1) is 11.8. The van der Waals surface area contributed by atoms with Crippen LogP contribution < -0.4 is 11.3 Å². The van der Waals surface area contributed by atoms with Crippen molar-refractivity contribution in [1.82, 2.24) is 24.4 Å². The number of nitrogens with zero attached hydrogens (tertiary/aromatic N) is 4. The van der Waals surface area contributed by atoms with Gasteiger partial charge in [0.15, 0.2) is 11.2 Å². The fraction of sp³-hybridized carbons (Fsp3) is 0.500. The predicted molar refractivity (Wildman–Crippen MR) is 87.9 cm³/mol. The third kappa shape index (κ3) is 5.64. The van der Waals surface area contributed by atoms with Crippen LogP contribution in [0.25, 0.3) is 11.2 Å². The molecule has 0 saturated carbocycles. The Morgan fingerprint density at radius 3 is 2.84 bits per heavy atom. The molecule has 0 saturated heterocycles. The fourth-order valence-corrected chi connectivity index (χ4v) is 2.76. The number of hydrogen-bond acceptors (Lipinski definition) is 8. The van der Waals surface area contributed by atoms with Crippen molar-refractivity contribution in [2.45, 2.75) is 6.54 Å². The van der Waals surface area contributed by atoms with Crippen molar-refractivity contribution in [3.8, 4) is 0 Å². The Labute approximate surface area is 141 Å². The summed E-state index contributed by atoms with van der Waals surface area (Å²) in [5.74, 6) is -0.0306. The largest absolute Gasteiger partial charge is 0.467 e. The average molecular weight is 374 g/mol. The number of anilines is 1. The van der Waals surface area contributed by atoms with E-state index in [-0.39, 0.29) is 30.8 Å². The second kappa shape index (κ2) is 8.21. The lowest BCUT2D eigenvalue weighted by Gasteiger charge is -2.22. The van der Waals surface area contributed by atoms with Crippen molar-refractivity contribution in [2.75, 3.05) is 38.1 Å². The van der Waals surface area contributed by atoms with E-state index in [2.05, 4.69) is 19.7 Å². The number of carbonyl (C=O) groups is 1. The molecule has 0 amide bonds. The molecular formula is C12H19N6O6P. The highest BCUT2D eigenvalue weighted by molar-refractivity contribution is 7.51. The normalized spacial score (nSPS) is 12.0. The van der Waals surface area contributed by atoms with E-state index in [1.54, 1.807) is 9.47 Å². The van der Waals surface area contributed by atoms with E-state index in [4.69, 9.17) is 15.5 Å². The number of imidazole rings is 1. The molecule has 0 atom stereocenters. The van der Waals surface area contributed by atoms with Crippen molar-refractivity contribution in [2.24, 2.45) is 0 Å². The maximum Gasteiger partial charge on any atom is 0.326 e. The molecule has 2 aromatic heterocycles. The Morgan fingerprint density at radius 2 is 2.16 bits per heavy atom. The van der Waals surface area contributed by atoms with Gasteiger partial charge in [0.25, 0.3) is 12.0 Å². The van der Waals surface area contributed by atoms with Crippen LogP contribution in [0.5, 0.6) is 0 Å². The molecule has 0 aliphatic heterocycles. The third-order valence-electron chi connectivity index (χ3n) is 3.45. The van der Waals surface area contributed by atoms with Crippen LogP contribution in [0.2, 0.25) is 0 Å². The van der Waals surface area contributed by atoms with Crippen molar-refractivity contribution >= 4 is 31.2 Å². The number of H-pyrrole nitrogens is 1. The van der Waals surface area contributed by atoms with Gasteiger partial charge in [0.05, 0.1) is 12.5 Å². The standard InChI is InChI=1S/C12H19N6O6P/c13-12-15-10-9(11(20)16-12)14-7-18(10)2-1-17(3-5-24-8-19)4-6-25(21,22)23/h7-8H,1-6H2,(H2,21,22,23)(H3,13,15,16,20). The maximum absolute atomic E-state index is 11.7. The SMILES string of the molecule is Nc1nc2c(ncn2CCN(CCOC=O)CCP(=O)(O)O)c(=O)[nH]1. The Kier molecular flexibility index (Phi) is 6.26. The first kappa shape index (κ1) is 19.1. The van der Waals surface area contributed by atoms with E-state index in [1.165, 1.54) is 6.33 Å². The molecule has 2 aromatic rings. The number of hydrogen-bond donors (Lipinski definition) is 4. The van der Waals surface area contributed by atoms with E-state index in [1.807, 2.05) is 0 Å². The average Bonchev–Trinajstić information content (AvgIpc) is 2.92. The van der Waals surface area contributed by atoms with Crippen LogP contribution in [-0.4, -0.2) is 73.1 Å². The molecule has 0 aliphatic rings. The highest BCUT2D eigenvalue weighted by atomic mass is 31.2. The summed E-state index contributed by atoms with van der Waals surface area (Å²) in [6.45, 7) is 1.57. The van der Waals surface area contributed by atoms with Crippen molar-refractivity contribution in [1.29, 1.82) is 0 Å². The monoisotopic (exact) mass is 374 g/mol. The molecule has 13 heteroatoms. The highest BCUT2D eigenvalue weighted by Gasteiger charge is 2.16. The number of fused-ring (bicyclic) bond motifs is 1. The lowest BCUT2D eigenvalue weighted by Crippen LogP contribution is -2.33. The Hall–Kier alpha value is -2.27. The second-order valence-electron chi connectivity index (χ2n) is 5.26. The van der Waals surface area contributed by atoms with Gasteiger partial charge in [0, 0.05) is 26.2 Å². The van der Waals surface area contributed by atoms with Gasteiger partial charge in [-0.25, -0.2) is 4.98 Å². The molecule has 0 bridgehead atoms. The summed E-state index contributed by atoms with van der Waals surface area (Å²) in [6.07, 6.45) is 1.12. The van der Waals surface area contributed by atoms with Gasteiger partial charge in [-0.15, -0.1) is 0 Å². The quantitative estimate of drug-likeness (QED) is 0.214. The molecule has 0 aromatic carbocycles. The minimum atomic E-state index is -4.14. The van der Waals surface area contributed by atoms with Gasteiger partial charge >= 0.3 is 7.60 Å². The first-order valence-corrected chi connectivity index (χ1v) is 9.13. The molecule has 2 rings (SSSR count). The minimum absolute atomic E-state index is 0.0306. The van der Waals surface area contributed by atoms with E-state index in [0.29, 0.717) is 31.8 Å². The Bertz CT molecular complexity index is 829. The molecule has 5 N–H and O–H groups in total. The third-order valence-corrected chi connectivity index (χ3v) is 4.23. The number of nitrogen functional groups attached to an aromatic ring is 1. The van der Waals surface area contributed by atoms with Crippen LogP contribution in [0, 0.1) is 0 Å². The molecule has 2 heterocycles. The zero-order chi connectivity index (χ0) is 18.4. The smallest absolute Gasteiger partial charge is 0.326 e. The number of carbonyl (C=O) groups excluding carboxylic acids is 1. The van der Waals surface area contributed by atoms with Crippen LogP contribution in [0.4, 0.5) is 5.95 Å². The van der Waals surface area contributed by atoms with Gasteiger partial charge in [-0.3, -0.25) is 24.0 Å². The number of aromatic amines is 1. The summed E-state index contributed by atoms with van der Waals surface area (Å²) >= 11 is 0. The lowest BCUT2D eigenvalue weighted by molar-refractivity contribution is -0.129. The van der Waals surface area contributed by atoms with Crippen molar-refractivity contribution in [3.63, 3.8) is 0 Å². The predicted octanol–water partition coefficient (Wildman–Crippen LogP) is -1.65. The van der Waals surface area contributed by atoms with Gasteiger partial charge in [0.1, 0.15) is 6.61 Å². The summed E-state index contributed by atoms with van der Waals surface area (Å²) in [5, 5.41) is 0. The maximum atomic E-state index is 11.7. The van der Waals surface area contributed by atoms with Gasteiger partial charge in [0.2, 0.25) is 5.95 Å². The molecule has 0 spiro atoms. The van der Waals surface area contributed by atoms with E-state index < -0.39 is 13.2 Å². The molecule has 0 fully saturated rings. The summed E-state index contributed by atoms with van der Waals surface area (Å²) in [5.41, 5.74) is 5.56.